The Morgan fingerprint density at radius 2 is 1.95 bits per heavy atom. The number of nitrogens with zero attached hydrogens (tertiary/aromatic N) is 2. The SMILES string of the molecule is Clc1ccc(C(Cc2ccccn2)N2CCCNCC2)cc1. The van der Waals surface area contributed by atoms with Crippen molar-refractivity contribution in [1.29, 1.82) is 0 Å². The standard InChI is InChI=1S/C18H22ClN3/c19-16-7-5-15(6-8-16)18(14-17-4-1-2-10-21-17)22-12-3-9-20-11-13-22/h1-2,4-8,10,18,20H,3,9,11-14H2. The Morgan fingerprint density at radius 1 is 1.09 bits per heavy atom. The van der Waals surface area contributed by atoms with Gasteiger partial charge in [0.2, 0.25) is 0 Å². The fraction of sp³-hybridized carbons (Fsp3) is 0.389. The largest absolute Gasteiger partial charge is 0.315 e. The summed E-state index contributed by atoms with van der Waals surface area (Å²) in [5.41, 5.74) is 2.46. The Morgan fingerprint density at radius 3 is 2.73 bits per heavy atom. The summed E-state index contributed by atoms with van der Waals surface area (Å²) < 4.78 is 0. The molecule has 2 heterocycles. The van der Waals surface area contributed by atoms with Gasteiger partial charge in [0.1, 0.15) is 0 Å². The molecule has 2 aromatic rings. The van der Waals surface area contributed by atoms with Crippen LogP contribution in [0.2, 0.25) is 5.02 Å². The van der Waals surface area contributed by atoms with Gasteiger partial charge in [0, 0.05) is 49.0 Å². The lowest BCUT2D eigenvalue weighted by molar-refractivity contribution is 0.208. The van der Waals surface area contributed by atoms with Crippen LogP contribution in [-0.4, -0.2) is 36.1 Å². The number of hydrogen-bond donors (Lipinski definition) is 1. The predicted molar refractivity (Wildman–Crippen MR) is 91.2 cm³/mol. The van der Waals surface area contributed by atoms with Crippen molar-refractivity contribution in [1.82, 2.24) is 15.2 Å². The monoisotopic (exact) mass is 315 g/mol. The van der Waals surface area contributed by atoms with E-state index in [1.807, 2.05) is 24.4 Å². The van der Waals surface area contributed by atoms with Gasteiger partial charge in [-0.05, 0) is 42.8 Å². The third-order valence-electron chi connectivity index (χ3n) is 4.20. The third-order valence-corrected chi connectivity index (χ3v) is 4.45. The molecule has 1 N–H and O–H groups in total. The molecule has 1 aromatic carbocycles. The lowest BCUT2D eigenvalue weighted by atomic mass is 9.99. The van der Waals surface area contributed by atoms with Crippen molar-refractivity contribution in [2.75, 3.05) is 26.2 Å². The minimum absolute atomic E-state index is 0.354. The van der Waals surface area contributed by atoms with E-state index in [4.69, 9.17) is 11.6 Å². The highest BCUT2D eigenvalue weighted by Crippen LogP contribution is 2.26. The topological polar surface area (TPSA) is 28.2 Å². The lowest BCUT2D eigenvalue weighted by Gasteiger charge is -2.30. The Labute approximate surface area is 137 Å². The van der Waals surface area contributed by atoms with Gasteiger partial charge in [0.15, 0.2) is 0 Å². The van der Waals surface area contributed by atoms with E-state index in [1.165, 1.54) is 12.0 Å². The zero-order valence-electron chi connectivity index (χ0n) is 12.7. The van der Waals surface area contributed by atoms with Gasteiger partial charge in [-0.15, -0.1) is 0 Å². The van der Waals surface area contributed by atoms with Crippen molar-refractivity contribution in [3.05, 3.63) is 64.9 Å². The van der Waals surface area contributed by atoms with E-state index in [0.29, 0.717) is 6.04 Å². The molecule has 22 heavy (non-hydrogen) atoms. The second kappa shape index (κ2) is 7.73. The molecular weight excluding hydrogens is 294 g/mol. The number of nitrogens with one attached hydrogen (secondary N) is 1. The molecule has 1 aromatic heterocycles. The molecule has 0 amide bonds. The van der Waals surface area contributed by atoms with Crippen molar-refractivity contribution < 1.29 is 0 Å². The van der Waals surface area contributed by atoms with Crippen molar-refractivity contribution in [3.63, 3.8) is 0 Å². The van der Waals surface area contributed by atoms with Gasteiger partial charge < -0.3 is 5.32 Å². The first kappa shape index (κ1) is 15.5. The third kappa shape index (κ3) is 4.07. The van der Waals surface area contributed by atoms with Gasteiger partial charge >= 0.3 is 0 Å². The second-order valence-electron chi connectivity index (χ2n) is 5.73. The fourth-order valence-corrected chi connectivity index (χ4v) is 3.16. The first-order valence-electron chi connectivity index (χ1n) is 7.93. The van der Waals surface area contributed by atoms with Crippen LogP contribution in [0.5, 0.6) is 0 Å². The molecule has 0 aliphatic carbocycles. The zero-order valence-corrected chi connectivity index (χ0v) is 13.5. The smallest absolute Gasteiger partial charge is 0.0422 e. The molecule has 1 unspecified atom stereocenters. The summed E-state index contributed by atoms with van der Waals surface area (Å²) in [6, 6.07) is 14.8. The lowest BCUT2D eigenvalue weighted by Crippen LogP contribution is -2.33. The Kier molecular flexibility index (Phi) is 5.43. The van der Waals surface area contributed by atoms with Crippen LogP contribution in [0, 0.1) is 0 Å². The van der Waals surface area contributed by atoms with Gasteiger partial charge in [0.05, 0.1) is 0 Å². The number of pyridine rings is 1. The maximum atomic E-state index is 6.05. The van der Waals surface area contributed by atoms with E-state index >= 15 is 0 Å². The van der Waals surface area contributed by atoms with Crippen molar-refractivity contribution in [2.45, 2.75) is 18.9 Å². The molecule has 1 aliphatic rings. The highest BCUT2D eigenvalue weighted by molar-refractivity contribution is 6.30. The van der Waals surface area contributed by atoms with Crippen LogP contribution < -0.4 is 5.32 Å². The van der Waals surface area contributed by atoms with Gasteiger partial charge in [-0.25, -0.2) is 0 Å². The highest BCUT2D eigenvalue weighted by Gasteiger charge is 2.22. The molecule has 3 rings (SSSR count). The van der Waals surface area contributed by atoms with Gasteiger partial charge in [0.25, 0.3) is 0 Å². The predicted octanol–water partition coefficient (Wildman–Crippen LogP) is 3.31. The minimum Gasteiger partial charge on any atom is -0.315 e. The highest BCUT2D eigenvalue weighted by atomic mass is 35.5. The van der Waals surface area contributed by atoms with E-state index in [1.54, 1.807) is 0 Å². The van der Waals surface area contributed by atoms with E-state index in [-0.39, 0.29) is 0 Å². The molecule has 0 saturated carbocycles. The van der Waals surface area contributed by atoms with Crippen LogP contribution in [0.15, 0.2) is 48.7 Å². The Balaban J connectivity index is 1.85. The van der Waals surface area contributed by atoms with Gasteiger partial charge in [-0.1, -0.05) is 29.8 Å². The zero-order chi connectivity index (χ0) is 15.2. The number of benzene rings is 1. The Hall–Kier alpha value is -1.42. The van der Waals surface area contributed by atoms with Crippen molar-refractivity contribution in [3.8, 4) is 0 Å². The molecule has 0 spiro atoms. The molecule has 3 nitrogen and oxygen atoms in total. The van der Waals surface area contributed by atoms with Crippen LogP contribution in [0.1, 0.15) is 23.7 Å². The molecule has 1 atom stereocenters. The summed E-state index contributed by atoms with van der Waals surface area (Å²) in [5.74, 6) is 0. The van der Waals surface area contributed by atoms with Gasteiger partial charge in [-0.2, -0.15) is 0 Å². The number of rotatable bonds is 4. The Bertz CT molecular complexity index is 563. The molecular formula is C18H22ClN3. The summed E-state index contributed by atoms with van der Waals surface area (Å²) in [7, 11) is 0. The molecule has 0 bridgehead atoms. The number of halogens is 1. The van der Waals surface area contributed by atoms with Crippen LogP contribution >= 0.6 is 11.6 Å². The second-order valence-corrected chi connectivity index (χ2v) is 6.17. The first-order valence-corrected chi connectivity index (χ1v) is 8.31. The van der Waals surface area contributed by atoms with Crippen molar-refractivity contribution in [2.24, 2.45) is 0 Å². The first-order chi connectivity index (χ1) is 10.8. The van der Waals surface area contributed by atoms with Crippen LogP contribution in [0.3, 0.4) is 0 Å². The minimum atomic E-state index is 0.354. The van der Waals surface area contributed by atoms with Crippen LogP contribution in [0.25, 0.3) is 0 Å². The number of hydrogen-bond acceptors (Lipinski definition) is 3. The normalized spacial score (nSPS) is 17.9. The fourth-order valence-electron chi connectivity index (χ4n) is 3.04. The maximum Gasteiger partial charge on any atom is 0.0422 e. The van der Waals surface area contributed by atoms with Crippen LogP contribution in [0.4, 0.5) is 0 Å². The van der Waals surface area contributed by atoms with E-state index < -0.39 is 0 Å². The quantitative estimate of drug-likeness (QED) is 0.938. The summed E-state index contributed by atoms with van der Waals surface area (Å²) in [5, 5.41) is 4.27. The van der Waals surface area contributed by atoms with E-state index in [9.17, 15) is 0 Å². The van der Waals surface area contributed by atoms with Gasteiger partial charge in [-0.3, -0.25) is 9.88 Å². The van der Waals surface area contributed by atoms with E-state index in [0.717, 1.165) is 43.3 Å². The van der Waals surface area contributed by atoms with Crippen molar-refractivity contribution >= 4 is 11.6 Å². The number of aromatic nitrogens is 1. The van der Waals surface area contributed by atoms with E-state index in [2.05, 4.69) is 39.5 Å². The summed E-state index contributed by atoms with van der Waals surface area (Å²) >= 11 is 6.05. The maximum absolute atomic E-state index is 6.05. The molecule has 0 radical (unpaired) electrons. The average molecular weight is 316 g/mol. The molecule has 4 heteroatoms. The molecule has 1 saturated heterocycles. The molecule has 116 valence electrons. The van der Waals surface area contributed by atoms with Crippen LogP contribution in [-0.2, 0) is 6.42 Å². The summed E-state index contributed by atoms with van der Waals surface area (Å²) in [6.07, 6.45) is 3.99. The average Bonchev–Trinajstić information content (AvgIpc) is 2.84. The summed E-state index contributed by atoms with van der Waals surface area (Å²) in [4.78, 5) is 7.08. The molecule has 1 aliphatic heterocycles. The molecule has 1 fully saturated rings. The summed E-state index contributed by atoms with van der Waals surface area (Å²) in [6.45, 7) is 4.34.